The van der Waals surface area contributed by atoms with Crippen LogP contribution in [0.3, 0.4) is 0 Å². The molecule has 3 rings (SSSR count). The fourth-order valence-electron chi connectivity index (χ4n) is 3.65. The molecule has 144 valence electrons. The van der Waals surface area contributed by atoms with Gasteiger partial charge in [0.1, 0.15) is 5.75 Å². The van der Waals surface area contributed by atoms with Crippen LogP contribution < -0.4 is 4.74 Å². The number of nitriles is 1. The van der Waals surface area contributed by atoms with Gasteiger partial charge in [-0.25, -0.2) is 0 Å². The van der Waals surface area contributed by atoms with Crippen LogP contribution in [0.25, 0.3) is 11.6 Å². The van der Waals surface area contributed by atoms with Crippen molar-refractivity contribution < 1.29 is 9.53 Å². The van der Waals surface area contributed by atoms with Crippen LogP contribution in [-0.4, -0.2) is 5.97 Å². The van der Waals surface area contributed by atoms with Gasteiger partial charge in [-0.2, -0.15) is 5.26 Å². The summed E-state index contributed by atoms with van der Waals surface area (Å²) in [7, 11) is 0. The van der Waals surface area contributed by atoms with Crippen molar-refractivity contribution in [3.8, 4) is 11.8 Å². The molecular formula is C24H24ClNO2. The highest BCUT2D eigenvalue weighted by Gasteiger charge is 2.15. The predicted molar refractivity (Wildman–Crippen MR) is 113 cm³/mol. The lowest BCUT2D eigenvalue weighted by Gasteiger charge is -2.20. The largest absolute Gasteiger partial charge is 0.427 e. The first-order valence-electron chi connectivity index (χ1n) is 9.82. The van der Waals surface area contributed by atoms with Gasteiger partial charge in [0.05, 0.1) is 11.6 Å². The van der Waals surface area contributed by atoms with E-state index in [1.54, 1.807) is 30.3 Å². The average Bonchev–Trinajstić information content (AvgIpc) is 2.71. The van der Waals surface area contributed by atoms with Crippen molar-refractivity contribution in [2.24, 2.45) is 5.92 Å². The number of hydrogen-bond donors (Lipinski definition) is 0. The normalized spacial score (nSPS) is 15.1. The maximum absolute atomic E-state index is 12.2. The zero-order valence-corrected chi connectivity index (χ0v) is 16.6. The lowest BCUT2D eigenvalue weighted by molar-refractivity contribution is -0.134. The molecule has 1 fully saturated rings. The summed E-state index contributed by atoms with van der Waals surface area (Å²) in [5.74, 6) is 0.972. The number of rotatable bonds is 6. The first-order chi connectivity index (χ1) is 13.6. The highest BCUT2D eigenvalue weighted by atomic mass is 35.5. The van der Waals surface area contributed by atoms with Gasteiger partial charge in [0.2, 0.25) is 0 Å². The van der Waals surface area contributed by atoms with E-state index in [0.29, 0.717) is 28.7 Å². The molecule has 2 aromatic carbocycles. The Morgan fingerprint density at radius 2 is 1.93 bits per heavy atom. The summed E-state index contributed by atoms with van der Waals surface area (Å²) in [4.78, 5) is 12.2. The summed E-state index contributed by atoms with van der Waals surface area (Å²) >= 11 is 6.02. The minimum absolute atomic E-state index is 0.193. The number of carbonyl (C=O) groups excluding carboxylic acids is 1. The summed E-state index contributed by atoms with van der Waals surface area (Å²) in [6.45, 7) is 0. The van der Waals surface area contributed by atoms with Crippen LogP contribution in [0.4, 0.5) is 0 Å². The van der Waals surface area contributed by atoms with Gasteiger partial charge in [0.15, 0.2) is 0 Å². The van der Waals surface area contributed by atoms with E-state index in [9.17, 15) is 10.1 Å². The molecule has 0 N–H and O–H groups in total. The molecule has 1 aliphatic carbocycles. The number of benzene rings is 2. The zero-order valence-electron chi connectivity index (χ0n) is 15.9. The monoisotopic (exact) mass is 393 g/mol. The van der Waals surface area contributed by atoms with E-state index in [0.717, 1.165) is 17.5 Å². The minimum atomic E-state index is -0.193. The Morgan fingerprint density at radius 3 is 2.68 bits per heavy atom. The van der Waals surface area contributed by atoms with Crippen molar-refractivity contribution in [1.82, 2.24) is 0 Å². The number of carbonyl (C=O) groups is 1. The molecule has 0 aliphatic heterocycles. The van der Waals surface area contributed by atoms with Crippen molar-refractivity contribution >= 4 is 29.2 Å². The first-order valence-corrected chi connectivity index (χ1v) is 10.2. The Balaban J connectivity index is 1.64. The van der Waals surface area contributed by atoms with Gasteiger partial charge in [-0.05, 0) is 53.8 Å². The topological polar surface area (TPSA) is 50.1 Å². The summed E-state index contributed by atoms with van der Waals surface area (Å²) in [5, 5.41) is 10.1. The van der Waals surface area contributed by atoms with Crippen molar-refractivity contribution in [3.05, 3.63) is 64.7 Å². The van der Waals surface area contributed by atoms with Gasteiger partial charge in [0, 0.05) is 11.4 Å². The molecule has 1 saturated carbocycles. The van der Waals surface area contributed by atoms with Crippen LogP contribution in [-0.2, 0) is 4.79 Å². The standard InChI is InChI=1S/C24H24ClNO2/c25-22-10-5-9-20(16-22)21(17-26)14-19-8-4-11-23(15-19)28-24(27)13-12-18-6-2-1-3-7-18/h4-5,8-11,14-16,18H,1-3,6-7,12-13H2/b21-14-. The molecular weight excluding hydrogens is 370 g/mol. The van der Waals surface area contributed by atoms with E-state index in [-0.39, 0.29) is 5.97 Å². The Morgan fingerprint density at radius 1 is 1.14 bits per heavy atom. The molecule has 28 heavy (non-hydrogen) atoms. The van der Waals surface area contributed by atoms with Gasteiger partial charge >= 0.3 is 5.97 Å². The molecule has 1 aliphatic rings. The summed E-state index contributed by atoms with van der Waals surface area (Å²) in [6, 6.07) is 16.6. The van der Waals surface area contributed by atoms with Crippen molar-refractivity contribution in [2.45, 2.75) is 44.9 Å². The molecule has 0 atom stereocenters. The number of esters is 1. The van der Waals surface area contributed by atoms with E-state index in [2.05, 4.69) is 6.07 Å². The molecule has 0 spiro atoms. The van der Waals surface area contributed by atoms with E-state index >= 15 is 0 Å². The maximum Gasteiger partial charge on any atom is 0.311 e. The van der Waals surface area contributed by atoms with E-state index in [1.165, 1.54) is 32.1 Å². The Hall–Kier alpha value is -2.57. The number of ether oxygens (including phenoxy) is 1. The smallest absolute Gasteiger partial charge is 0.311 e. The predicted octanol–water partition coefficient (Wildman–Crippen LogP) is 6.67. The third-order valence-electron chi connectivity index (χ3n) is 5.14. The van der Waals surface area contributed by atoms with Gasteiger partial charge in [0.25, 0.3) is 0 Å². The number of nitrogens with zero attached hydrogens (tertiary/aromatic N) is 1. The second-order valence-electron chi connectivity index (χ2n) is 7.27. The molecule has 0 radical (unpaired) electrons. The summed E-state index contributed by atoms with van der Waals surface area (Å²) in [5.41, 5.74) is 2.06. The Bertz CT molecular complexity index is 891. The highest BCUT2D eigenvalue weighted by molar-refractivity contribution is 6.30. The van der Waals surface area contributed by atoms with Crippen LogP contribution in [0.2, 0.25) is 5.02 Å². The van der Waals surface area contributed by atoms with Crippen LogP contribution in [0.15, 0.2) is 48.5 Å². The summed E-state index contributed by atoms with van der Waals surface area (Å²) < 4.78 is 5.51. The third kappa shape index (κ3) is 5.97. The van der Waals surface area contributed by atoms with Crippen molar-refractivity contribution in [1.29, 1.82) is 5.26 Å². The fourth-order valence-corrected chi connectivity index (χ4v) is 3.84. The molecule has 0 heterocycles. The lowest BCUT2D eigenvalue weighted by atomic mass is 9.86. The van der Waals surface area contributed by atoms with E-state index in [4.69, 9.17) is 16.3 Å². The lowest BCUT2D eigenvalue weighted by Crippen LogP contribution is -2.12. The second-order valence-corrected chi connectivity index (χ2v) is 7.71. The van der Waals surface area contributed by atoms with Gasteiger partial charge in [-0.15, -0.1) is 0 Å². The molecule has 0 bridgehead atoms. The molecule has 0 saturated heterocycles. The average molecular weight is 394 g/mol. The van der Waals surface area contributed by atoms with Crippen molar-refractivity contribution in [3.63, 3.8) is 0 Å². The first kappa shape index (κ1) is 20.2. The molecule has 0 amide bonds. The van der Waals surface area contributed by atoms with Gasteiger partial charge in [-0.3, -0.25) is 4.79 Å². The quantitative estimate of drug-likeness (QED) is 0.238. The molecule has 4 heteroatoms. The second kappa shape index (κ2) is 10.1. The van der Waals surface area contributed by atoms with Gasteiger partial charge < -0.3 is 4.74 Å². The molecule has 2 aromatic rings. The summed E-state index contributed by atoms with van der Waals surface area (Å²) in [6.07, 6.45) is 9.47. The fraction of sp³-hybridized carbons (Fsp3) is 0.333. The number of halogens is 1. The Labute approximate surface area is 171 Å². The van der Waals surface area contributed by atoms with Gasteiger partial charge in [-0.1, -0.05) is 68.0 Å². The van der Waals surface area contributed by atoms with Crippen LogP contribution >= 0.6 is 11.6 Å². The number of allylic oxidation sites excluding steroid dienone is 1. The Kier molecular flexibility index (Phi) is 7.28. The zero-order chi connectivity index (χ0) is 19.8. The SMILES string of the molecule is N#C/C(=C/c1cccc(OC(=O)CCC2CCCCC2)c1)c1cccc(Cl)c1. The number of hydrogen-bond acceptors (Lipinski definition) is 3. The van der Waals surface area contributed by atoms with Crippen LogP contribution in [0.5, 0.6) is 5.75 Å². The van der Waals surface area contributed by atoms with Crippen LogP contribution in [0.1, 0.15) is 56.1 Å². The minimum Gasteiger partial charge on any atom is -0.427 e. The van der Waals surface area contributed by atoms with Crippen LogP contribution in [0, 0.1) is 17.2 Å². The maximum atomic E-state index is 12.2. The molecule has 0 aromatic heterocycles. The third-order valence-corrected chi connectivity index (χ3v) is 5.37. The molecule has 0 unspecified atom stereocenters. The van der Waals surface area contributed by atoms with E-state index in [1.807, 2.05) is 24.3 Å². The molecule has 3 nitrogen and oxygen atoms in total. The van der Waals surface area contributed by atoms with Crippen molar-refractivity contribution in [2.75, 3.05) is 0 Å². The van der Waals surface area contributed by atoms with E-state index < -0.39 is 0 Å². The highest BCUT2D eigenvalue weighted by Crippen LogP contribution is 2.28.